The predicted octanol–water partition coefficient (Wildman–Crippen LogP) is 3.17. The first-order valence-electron chi connectivity index (χ1n) is 13.7. The molecule has 2 aliphatic heterocycles. The Kier molecular flexibility index (Phi) is 5.24. The molecule has 2 heterocycles. The maximum Gasteiger partial charge on any atom is 0.333 e. The van der Waals surface area contributed by atoms with Crippen LogP contribution in [0.15, 0.2) is 34.9 Å². The molecule has 2 saturated carbocycles. The summed E-state index contributed by atoms with van der Waals surface area (Å²) in [5.74, 6) is -2.19. The van der Waals surface area contributed by atoms with Gasteiger partial charge in [-0.1, -0.05) is 25.0 Å². The molecule has 10 atom stereocenters. The summed E-state index contributed by atoms with van der Waals surface area (Å²) in [7, 11) is 0. The number of fused-ring (bicyclic) bond motifs is 4. The predicted molar refractivity (Wildman–Crippen MR) is 134 cm³/mol. The number of cyclic esters (lactones) is 1. The third-order valence-electron chi connectivity index (χ3n) is 11.3. The largest absolute Gasteiger partial charge is 0.458 e. The Balaban J connectivity index is 1.42. The fourth-order valence-corrected chi connectivity index (χ4v) is 8.96. The molecule has 0 unspecified atom stereocenters. The van der Waals surface area contributed by atoms with Crippen molar-refractivity contribution in [1.82, 2.24) is 0 Å². The molecule has 0 radical (unpaired) electrons. The number of ether oxygens (including phenoxy) is 3. The van der Waals surface area contributed by atoms with Gasteiger partial charge in [0.25, 0.3) is 0 Å². The van der Waals surface area contributed by atoms with E-state index in [-0.39, 0.29) is 29.4 Å². The van der Waals surface area contributed by atoms with Gasteiger partial charge in [-0.15, -0.1) is 0 Å². The highest BCUT2D eigenvalue weighted by Gasteiger charge is 2.83. The molecule has 6 aliphatic rings. The van der Waals surface area contributed by atoms with Gasteiger partial charge in [0.1, 0.15) is 17.8 Å². The summed E-state index contributed by atoms with van der Waals surface area (Å²) in [6.07, 6.45) is 4.83. The Morgan fingerprint density at radius 1 is 1.13 bits per heavy atom. The molecule has 6 rings (SSSR count). The number of carbonyl (C=O) groups is 4. The smallest absolute Gasteiger partial charge is 0.333 e. The van der Waals surface area contributed by atoms with Crippen molar-refractivity contribution >= 4 is 23.5 Å². The van der Waals surface area contributed by atoms with Crippen LogP contribution in [-0.4, -0.2) is 58.1 Å². The number of hydrogen-bond acceptors (Lipinski definition) is 8. The van der Waals surface area contributed by atoms with Gasteiger partial charge in [0.05, 0.1) is 11.5 Å². The minimum absolute atomic E-state index is 0.156. The second-order valence-corrected chi connectivity index (χ2v) is 12.7. The molecular formula is C30H36O8. The van der Waals surface area contributed by atoms with Gasteiger partial charge in [0, 0.05) is 30.3 Å². The lowest BCUT2D eigenvalue weighted by molar-refractivity contribution is -0.221. The molecular weight excluding hydrogens is 488 g/mol. The van der Waals surface area contributed by atoms with Gasteiger partial charge in [0.15, 0.2) is 17.2 Å². The first kappa shape index (κ1) is 25.7. The van der Waals surface area contributed by atoms with Crippen LogP contribution in [0.3, 0.4) is 0 Å². The zero-order valence-electron chi connectivity index (χ0n) is 22.8. The topological polar surface area (TPSA) is 120 Å². The second-order valence-electron chi connectivity index (χ2n) is 12.7. The summed E-state index contributed by atoms with van der Waals surface area (Å²) in [5, 5.41) is 12.8. The Morgan fingerprint density at radius 3 is 2.47 bits per heavy atom. The molecule has 8 heteroatoms. The number of esters is 2. The second kappa shape index (κ2) is 7.75. The molecule has 0 bridgehead atoms. The lowest BCUT2D eigenvalue weighted by atomic mass is 9.43. The van der Waals surface area contributed by atoms with Crippen LogP contribution in [-0.2, 0) is 33.4 Å². The average molecular weight is 525 g/mol. The van der Waals surface area contributed by atoms with Crippen LogP contribution in [0.2, 0.25) is 0 Å². The third kappa shape index (κ3) is 2.83. The Bertz CT molecular complexity index is 1270. The highest BCUT2D eigenvalue weighted by Crippen LogP contribution is 2.73. The molecule has 204 valence electrons. The number of hydrogen-bond donors (Lipinski definition) is 1. The van der Waals surface area contributed by atoms with Crippen molar-refractivity contribution in [1.29, 1.82) is 0 Å². The van der Waals surface area contributed by atoms with Gasteiger partial charge in [-0.25, -0.2) is 4.79 Å². The van der Waals surface area contributed by atoms with Gasteiger partial charge in [0.2, 0.25) is 0 Å². The summed E-state index contributed by atoms with van der Waals surface area (Å²) in [6.45, 7) is 10.8. The van der Waals surface area contributed by atoms with Gasteiger partial charge in [-0.3, -0.25) is 14.4 Å². The summed E-state index contributed by atoms with van der Waals surface area (Å²) in [4.78, 5) is 51.3. The minimum atomic E-state index is -1.52. The highest BCUT2D eigenvalue weighted by atomic mass is 16.6. The first-order chi connectivity index (χ1) is 17.7. The lowest BCUT2D eigenvalue weighted by Crippen LogP contribution is -2.69. The van der Waals surface area contributed by atoms with Crippen LogP contribution in [0.25, 0.3) is 0 Å². The van der Waals surface area contributed by atoms with E-state index < -0.39 is 52.2 Å². The van der Waals surface area contributed by atoms with Crippen molar-refractivity contribution in [3.05, 3.63) is 34.9 Å². The van der Waals surface area contributed by atoms with Crippen LogP contribution >= 0.6 is 0 Å². The van der Waals surface area contributed by atoms with Crippen molar-refractivity contribution in [2.24, 2.45) is 28.6 Å². The number of epoxide rings is 1. The van der Waals surface area contributed by atoms with E-state index in [0.29, 0.717) is 31.3 Å². The van der Waals surface area contributed by atoms with Crippen LogP contribution in [0.1, 0.15) is 67.2 Å². The van der Waals surface area contributed by atoms with E-state index in [0.717, 1.165) is 11.1 Å². The van der Waals surface area contributed by atoms with Gasteiger partial charge < -0.3 is 19.3 Å². The van der Waals surface area contributed by atoms with Crippen molar-refractivity contribution in [3.63, 3.8) is 0 Å². The number of aliphatic hydroxyl groups is 1. The summed E-state index contributed by atoms with van der Waals surface area (Å²) < 4.78 is 17.7. The molecule has 0 aromatic heterocycles. The summed E-state index contributed by atoms with van der Waals surface area (Å²) in [5.41, 5.74) is -2.08. The standard InChI is InChI=1S/C30H36O8/c1-14-11-21(37-26(34)15(14)2)16(3)19-12-24(36-17(4)31)29(35)20-13-25-30(38-25)23(33)8-7-22(32)28(30,6)18(20)9-10-27(19,29)5/h7-8,12,16,18,20-21,24-25,35H,9-11,13H2,1-6H3/t16-,18-,20+,21+,24-,25+,27+,28-,29-,30+/m0/s1. The van der Waals surface area contributed by atoms with Gasteiger partial charge in [-0.05, 0) is 70.1 Å². The Labute approximate surface area is 222 Å². The van der Waals surface area contributed by atoms with E-state index in [2.05, 4.69) is 0 Å². The zero-order valence-corrected chi connectivity index (χ0v) is 22.8. The quantitative estimate of drug-likeness (QED) is 0.340. The third-order valence-corrected chi connectivity index (χ3v) is 11.3. The van der Waals surface area contributed by atoms with Crippen LogP contribution in [0.4, 0.5) is 0 Å². The van der Waals surface area contributed by atoms with Crippen molar-refractivity contribution in [2.45, 2.75) is 96.7 Å². The van der Waals surface area contributed by atoms with Crippen LogP contribution in [0.5, 0.6) is 0 Å². The molecule has 1 spiro atoms. The van der Waals surface area contributed by atoms with E-state index >= 15 is 0 Å². The van der Waals surface area contributed by atoms with Crippen molar-refractivity contribution in [2.75, 3.05) is 0 Å². The molecule has 0 aromatic carbocycles. The monoisotopic (exact) mass is 524 g/mol. The van der Waals surface area contributed by atoms with E-state index in [1.54, 1.807) is 6.92 Å². The molecule has 8 nitrogen and oxygen atoms in total. The fourth-order valence-electron chi connectivity index (χ4n) is 8.96. The molecule has 1 saturated heterocycles. The molecule has 38 heavy (non-hydrogen) atoms. The number of carbonyl (C=O) groups excluding carboxylic acids is 4. The van der Waals surface area contributed by atoms with Crippen LogP contribution in [0, 0.1) is 28.6 Å². The summed E-state index contributed by atoms with van der Waals surface area (Å²) >= 11 is 0. The molecule has 3 fully saturated rings. The van der Waals surface area contributed by atoms with E-state index in [1.807, 2.05) is 33.8 Å². The summed E-state index contributed by atoms with van der Waals surface area (Å²) in [6, 6.07) is 0. The number of ketones is 2. The molecule has 0 amide bonds. The minimum Gasteiger partial charge on any atom is -0.458 e. The normalized spacial score (nSPS) is 47.8. The van der Waals surface area contributed by atoms with Crippen molar-refractivity contribution < 1.29 is 38.5 Å². The number of rotatable bonds is 3. The maximum absolute atomic E-state index is 13.4. The SMILES string of the molecule is CC(=O)O[C@H]1C=C([C@H](C)[C@H]2CC(C)=C(C)C(=O)O2)[C@@]2(C)CC[C@H]3[C@@H](C[C@H]4O[C@]45C(=O)C=CC(=O)[C@]35C)[C@]12O. The molecule has 4 aliphatic carbocycles. The Morgan fingerprint density at radius 2 is 1.82 bits per heavy atom. The molecule has 1 N–H and O–H groups in total. The lowest BCUT2D eigenvalue weighted by Gasteiger charge is -2.61. The van der Waals surface area contributed by atoms with E-state index in [9.17, 15) is 24.3 Å². The number of allylic oxidation sites excluding steroid dienone is 1. The average Bonchev–Trinajstić information content (AvgIpc) is 3.55. The fraction of sp³-hybridized carbons (Fsp3) is 0.667. The molecule has 0 aromatic rings. The first-order valence-corrected chi connectivity index (χ1v) is 13.7. The van der Waals surface area contributed by atoms with Crippen molar-refractivity contribution in [3.8, 4) is 0 Å². The van der Waals surface area contributed by atoms with Gasteiger partial charge >= 0.3 is 11.9 Å². The zero-order chi connectivity index (χ0) is 27.6. The van der Waals surface area contributed by atoms with Gasteiger partial charge in [-0.2, -0.15) is 0 Å². The maximum atomic E-state index is 13.4. The highest BCUT2D eigenvalue weighted by molar-refractivity contribution is 6.15. The Hall–Kier alpha value is -2.58. The van der Waals surface area contributed by atoms with E-state index in [4.69, 9.17) is 14.2 Å². The van der Waals surface area contributed by atoms with E-state index in [1.165, 1.54) is 19.1 Å². The van der Waals surface area contributed by atoms with Crippen LogP contribution < -0.4 is 0 Å².